The molecule has 1 rings (SSSR count). The highest BCUT2D eigenvalue weighted by Gasteiger charge is 2.19. The molecule has 0 aromatic heterocycles. The van der Waals surface area contributed by atoms with Gasteiger partial charge in [-0.1, -0.05) is 12.5 Å². The number of hydrogen-bond acceptors (Lipinski definition) is 3. The molecule has 3 heteroatoms. The Morgan fingerprint density at radius 3 is 2.50 bits per heavy atom. The van der Waals surface area contributed by atoms with Crippen LogP contribution < -0.4 is 5.73 Å². The predicted molar refractivity (Wildman–Crippen MR) is 59.0 cm³/mol. The zero-order valence-electron chi connectivity index (χ0n) is 9.55. The van der Waals surface area contributed by atoms with Gasteiger partial charge in [-0.2, -0.15) is 0 Å². The first-order valence-corrected chi connectivity index (χ1v) is 5.43. The Morgan fingerprint density at radius 1 is 1.43 bits per heavy atom. The molecular formula is C11H22N2O. The quantitative estimate of drug-likeness (QED) is 0.744. The van der Waals surface area contributed by atoms with E-state index in [9.17, 15) is 0 Å². The second-order valence-corrected chi connectivity index (χ2v) is 3.91. The van der Waals surface area contributed by atoms with E-state index in [1.807, 2.05) is 0 Å². The maximum absolute atomic E-state index is 6.10. The molecule has 1 fully saturated rings. The Balaban J connectivity index is 2.58. The molecule has 0 amide bonds. The minimum absolute atomic E-state index is 0.360. The minimum Gasteiger partial charge on any atom is -0.401 e. The Hall–Kier alpha value is -0.540. The second kappa shape index (κ2) is 5.37. The highest BCUT2D eigenvalue weighted by Crippen LogP contribution is 2.13. The van der Waals surface area contributed by atoms with Crippen LogP contribution in [0.4, 0.5) is 0 Å². The van der Waals surface area contributed by atoms with Crippen molar-refractivity contribution in [3.05, 3.63) is 11.3 Å². The topological polar surface area (TPSA) is 38.5 Å². The number of nitrogens with zero attached hydrogens (tertiary/aromatic N) is 1. The first-order chi connectivity index (χ1) is 6.66. The summed E-state index contributed by atoms with van der Waals surface area (Å²) in [6.45, 7) is 10.1. The van der Waals surface area contributed by atoms with Crippen molar-refractivity contribution in [3.8, 4) is 0 Å². The van der Waals surface area contributed by atoms with E-state index in [1.165, 1.54) is 5.57 Å². The van der Waals surface area contributed by atoms with Crippen molar-refractivity contribution in [2.24, 2.45) is 5.73 Å². The van der Waals surface area contributed by atoms with Crippen molar-refractivity contribution in [1.29, 1.82) is 0 Å². The van der Waals surface area contributed by atoms with Gasteiger partial charge in [0, 0.05) is 24.8 Å². The van der Waals surface area contributed by atoms with Crippen LogP contribution in [-0.2, 0) is 4.74 Å². The van der Waals surface area contributed by atoms with Crippen molar-refractivity contribution < 1.29 is 4.74 Å². The fourth-order valence-electron chi connectivity index (χ4n) is 1.72. The van der Waals surface area contributed by atoms with E-state index < -0.39 is 0 Å². The summed E-state index contributed by atoms with van der Waals surface area (Å²) in [5.74, 6) is 0. The van der Waals surface area contributed by atoms with Gasteiger partial charge in [0.1, 0.15) is 0 Å². The van der Waals surface area contributed by atoms with Crippen molar-refractivity contribution >= 4 is 0 Å². The second-order valence-electron chi connectivity index (χ2n) is 3.91. The van der Waals surface area contributed by atoms with Gasteiger partial charge in [-0.3, -0.25) is 4.90 Å². The van der Waals surface area contributed by atoms with Gasteiger partial charge < -0.3 is 10.5 Å². The molecule has 0 aromatic carbocycles. The van der Waals surface area contributed by atoms with Crippen LogP contribution in [0.5, 0.6) is 0 Å². The number of nitrogens with two attached hydrogens (primary N) is 1. The zero-order chi connectivity index (χ0) is 10.6. The van der Waals surface area contributed by atoms with Crippen molar-refractivity contribution in [2.75, 3.05) is 26.3 Å². The molecule has 14 heavy (non-hydrogen) atoms. The minimum atomic E-state index is 0.360. The molecule has 1 aliphatic heterocycles. The lowest BCUT2D eigenvalue weighted by atomic mass is 10.1. The Bertz CT molecular complexity index is 207. The number of allylic oxidation sites excluding steroid dienone is 1. The van der Waals surface area contributed by atoms with E-state index in [-0.39, 0.29) is 0 Å². The predicted octanol–water partition coefficient (Wildman–Crippen LogP) is 1.35. The van der Waals surface area contributed by atoms with E-state index in [0.29, 0.717) is 6.04 Å². The van der Waals surface area contributed by atoms with Crippen molar-refractivity contribution in [3.63, 3.8) is 0 Å². The van der Waals surface area contributed by atoms with E-state index >= 15 is 0 Å². The molecule has 1 aliphatic rings. The average molecular weight is 198 g/mol. The van der Waals surface area contributed by atoms with E-state index in [2.05, 4.69) is 25.7 Å². The molecule has 1 saturated heterocycles. The molecule has 0 saturated carbocycles. The molecule has 0 bridgehead atoms. The van der Waals surface area contributed by atoms with Gasteiger partial charge in [-0.25, -0.2) is 0 Å². The zero-order valence-corrected chi connectivity index (χ0v) is 9.55. The van der Waals surface area contributed by atoms with Crippen LogP contribution in [0.15, 0.2) is 11.3 Å². The lowest BCUT2D eigenvalue weighted by molar-refractivity contribution is 0.0264. The first kappa shape index (κ1) is 11.5. The van der Waals surface area contributed by atoms with Crippen LogP contribution in [-0.4, -0.2) is 37.2 Å². The Labute approximate surface area is 86.9 Å². The van der Waals surface area contributed by atoms with Gasteiger partial charge in [-0.05, 0) is 20.3 Å². The summed E-state index contributed by atoms with van der Waals surface area (Å²) in [5.41, 5.74) is 8.44. The van der Waals surface area contributed by atoms with Crippen LogP contribution in [0.2, 0.25) is 0 Å². The lowest BCUT2D eigenvalue weighted by Crippen LogP contribution is -2.44. The molecule has 2 N–H and O–H groups in total. The van der Waals surface area contributed by atoms with Crippen molar-refractivity contribution in [1.82, 2.24) is 4.90 Å². The summed E-state index contributed by atoms with van der Waals surface area (Å²) in [5, 5.41) is 0. The third-order valence-corrected chi connectivity index (χ3v) is 3.07. The number of rotatable bonds is 3. The summed E-state index contributed by atoms with van der Waals surface area (Å²) in [6.07, 6.45) is 1.04. The van der Waals surface area contributed by atoms with Crippen LogP contribution >= 0.6 is 0 Å². The molecule has 0 aromatic rings. The third-order valence-electron chi connectivity index (χ3n) is 3.07. The third kappa shape index (κ3) is 2.72. The van der Waals surface area contributed by atoms with E-state index in [4.69, 9.17) is 10.5 Å². The standard InChI is InChI=1S/C11H22N2O/c1-4-9(2)11(12)10(3)13-5-7-14-8-6-13/h10H,4-8,12H2,1-3H3/b11-9-. The Kier molecular flexibility index (Phi) is 4.42. The molecule has 1 heterocycles. The lowest BCUT2D eigenvalue weighted by Gasteiger charge is -2.33. The van der Waals surface area contributed by atoms with Gasteiger partial charge in [0.25, 0.3) is 0 Å². The fraction of sp³-hybridized carbons (Fsp3) is 0.818. The number of morpholine rings is 1. The van der Waals surface area contributed by atoms with E-state index in [1.54, 1.807) is 0 Å². The number of hydrogen-bond donors (Lipinski definition) is 1. The van der Waals surface area contributed by atoms with Gasteiger partial charge >= 0.3 is 0 Å². The van der Waals surface area contributed by atoms with Gasteiger partial charge in [0.15, 0.2) is 0 Å². The largest absolute Gasteiger partial charge is 0.401 e. The molecule has 0 spiro atoms. The SMILES string of the molecule is CC/C(C)=C(\N)C(C)N1CCOCC1. The van der Waals surface area contributed by atoms with Crippen LogP contribution in [0, 0.1) is 0 Å². The molecule has 0 aliphatic carbocycles. The van der Waals surface area contributed by atoms with Crippen LogP contribution in [0.1, 0.15) is 27.2 Å². The summed E-state index contributed by atoms with van der Waals surface area (Å²) in [6, 6.07) is 0.360. The summed E-state index contributed by atoms with van der Waals surface area (Å²) in [7, 11) is 0. The van der Waals surface area contributed by atoms with Gasteiger partial charge in [0.05, 0.1) is 13.2 Å². The van der Waals surface area contributed by atoms with E-state index in [0.717, 1.165) is 38.4 Å². The highest BCUT2D eigenvalue weighted by atomic mass is 16.5. The van der Waals surface area contributed by atoms with Crippen LogP contribution in [0.25, 0.3) is 0 Å². The normalized spacial score (nSPS) is 23.1. The molecular weight excluding hydrogens is 176 g/mol. The monoisotopic (exact) mass is 198 g/mol. The number of ether oxygens (including phenoxy) is 1. The average Bonchev–Trinajstić information content (AvgIpc) is 2.27. The molecule has 0 radical (unpaired) electrons. The highest BCUT2D eigenvalue weighted by molar-refractivity contribution is 5.14. The van der Waals surface area contributed by atoms with Gasteiger partial charge in [-0.15, -0.1) is 0 Å². The van der Waals surface area contributed by atoms with Crippen LogP contribution in [0.3, 0.4) is 0 Å². The molecule has 1 unspecified atom stereocenters. The van der Waals surface area contributed by atoms with Crippen molar-refractivity contribution in [2.45, 2.75) is 33.2 Å². The van der Waals surface area contributed by atoms with Gasteiger partial charge in [0.2, 0.25) is 0 Å². The fourth-order valence-corrected chi connectivity index (χ4v) is 1.72. The molecule has 3 nitrogen and oxygen atoms in total. The molecule has 82 valence electrons. The summed E-state index contributed by atoms with van der Waals surface area (Å²) >= 11 is 0. The maximum atomic E-state index is 6.10. The first-order valence-electron chi connectivity index (χ1n) is 5.43. The molecule has 1 atom stereocenters. The summed E-state index contributed by atoms with van der Waals surface area (Å²) < 4.78 is 5.32. The summed E-state index contributed by atoms with van der Waals surface area (Å²) in [4.78, 5) is 2.39. The smallest absolute Gasteiger partial charge is 0.0594 e. The Morgan fingerprint density at radius 2 is 2.00 bits per heavy atom. The maximum Gasteiger partial charge on any atom is 0.0594 e.